The molecule has 5 nitrogen and oxygen atoms in total. The highest BCUT2D eigenvalue weighted by molar-refractivity contribution is 7.99. The van der Waals surface area contributed by atoms with Gasteiger partial charge in [-0.15, -0.1) is 10.2 Å². The standard InChI is InChI=1S/C18H16ClN3O2S/c1-12(14-8-5-9-15(19)10-14)20-16(23)11-25-18-22-21-17(24-18)13-6-3-2-4-7-13/h2-10,12H,11H2,1H3,(H,20,23)/t12-/m1/s1. The van der Waals surface area contributed by atoms with Gasteiger partial charge in [0.2, 0.25) is 11.8 Å². The molecule has 1 N–H and O–H groups in total. The van der Waals surface area contributed by atoms with Crippen LogP contribution in [0, 0.1) is 0 Å². The van der Waals surface area contributed by atoms with E-state index in [2.05, 4.69) is 15.5 Å². The van der Waals surface area contributed by atoms with Gasteiger partial charge in [-0.25, -0.2) is 0 Å². The average Bonchev–Trinajstić information content (AvgIpc) is 3.10. The summed E-state index contributed by atoms with van der Waals surface area (Å²) in [5.74, 6) is 0.522. The number of carbonyl (C=O) groups is 1. The molecular weight excluding hydrogens is 358 g/mol. The molecule has 0 saturated carbocycles. The number of halogens is 1. The van der Waals surface area contributed by atoms with Gasteiger partial charge in [0.1, 0.15) is 0 Å². The molecule has 1 heterocycles. The minimum absolute atomic E-state index is 0.114. The number of nitrogens with one attached hydrogen (secondary N) is 1. The number of benzene rings is 2. The zero-order valence-electron chi connectivity index (χ0n) is 13.5. The number of hydrogen-bond donors (Lipinski definition) is 1. The number of nitrogens with zero attached hydrogens (tertiary/aromatic N) is 2. The van der Waals surface area contributed by atoms with Crippen molar-refractivity contribution in [1.82, 2.24) is 15.5 Å². The van der Waals surface area contributed by atoms with Gasteiger partial charge in [0.25, 0.3) is 5.22 Å². The Kier molecular flexibility index (Phi) is 5.73. The number of amides is 1. The molecule has 0 aliphatic heterocycles. The predicted molar refractivity (Wildman–Crippen MR) is 98.5 cm³/mol. The van der Waals surface area contributed by atoms with Gasteiger partial charge in [-0.1, -0.05) is 53.7 Å². The highest BCUT2D eigenvalue weighted by atomic mass is 35.5. The lowest BCUT2D eigenvalue weighted by molar-refractivity contribution is -0.119. The largest absolute Gasteiger partial charge is 0.411 e. The van der Waals surface area contributed by atoms with Crippen LogP contribution in [-0.2, 0) is 4.79 Å². The Morgan fingerprint density at radius 1 is 1.20 bits per heavy atom. The van der Waals surface area contributed by atoms with Gasteiger partial charge in [0, 0.05) is 10.6 Å². The summed E-state index contributed by atoms with van der Waals surface area (Å²) in [6, 6.07) is 16.8. The normalized spacial score (nSPS) is 11.9. The number of carbonyl (C=O) groups excluding carboxylic acids is 1. The van der Waals surface area contributed by atoms with Gasteiger partial charge < -0.3 is 9.73 Å². The van der Waals surface area contributed by atoms with Gasteiger partial charge in [0.05, 0.1) is 11.8 Å². The fourth-order valence-corrected chi connectivity index (χ4v) is 3.01. The number of thioether (sulfide) groups is 1. The van der Waals surface area contributed by atoms with E-state index in [1.54, 1.807) is 6.07 Å². The van der Waals surface area contributed by atoms with E-state index in [4.69, 9.17) is 16.0 Å². The molecule has 1 amide bonds. The van der Waals surface area contributed by atoms with E-state index in [-0.39, 0.29) is 17.7 Å². The van der Waals surface area contributed by atoms with Crippen LogP contribution >= 0.6 is 23.4 Å². The van der Waals surface area contributed by atoms with Crippen LogP contribution in [0.25, 0.3) is 11.5 Å². The topological polar surface area (TPSA) is 68.0 Å². The van der Waals surface area contributed by atoms with E-state index in [0.717, 1.165) is 11.1 Å². The van der Waals surface area contributed by atoms with Crippen molar-refractivity contribution in [3.05, 3.63) is 65.2 Å². The van der Waals surface area contributed by atoms with E-state index in [1.807, 2.05) is 55.5 Å². The van der Waals surface area contributed by atoms with Crippen molar-refractivity contribution in [2.24, 2.45) is 0 Å². The van der Waals surface area contributed by atoms with Gasteiger partial charge >= 0.3 is 0 Å². The first-order chi connectivity index (χ1) is 12.1. The predicted octanol–water partition coefficient (Wildman–Crippen LogP) is 4.36. The second-order valence-corrected chi connectivity index (χ2v) is 6.74. The van der Waals surface area contributed by atoms with Crippen LogP contribution in [0.15, 0.2) is 64.2 Å². The van der Waals surface area contributed by atoms with Crippen LogP contribution in [0.1, 0.15) is 18.5 Å². The first kappa shape index (κ1) is 17.5. The van der Waals surface area contributed by atoms with Crippen molar-refractivity contribution in [2.75, 3.05) is 5.75 Å². The summed E-state index contributed by atoms with van der Waals surface area (Å²) in [5.41, 5.74) is 1.80. The van der Waals surface area contributed by atoms with Crippen molar-refractivity contribution in [2.45, 2.75) is 18.2 Å². The highest BCUT2D eigenvalue weighted by Crippen LogP contribution is 2.23. The van der Waals surface area contributed by atoms with Crippen LogP contribution in [0.3, 0.4) is 0 Å². The molecule has 1 aromatic heterocycles. The maximum atomic E-state index is 12.1. The minimum Gasteiger partial charge on any atom is -0.411 e. The van der Waals surface area contributed by atoms with E-state index < -0.39 is 0 Å². The third-order valence-corrected chi connectivity index (χ3v) is 4.53. The molecule has 0 aliphatic carbocycles. The van der Waals surface area contributed by atoms with E-state index in [1.165, 1.54) is 11.8 Å². The quantitative estimate of drug-likeness (QED) is 0.650. The van der Waals surface area contributed by atoms with Crippen molar-refractivity contribution in [1.29, 1.82) is 0 Å². The summed E-state index contributed by atoms with van der Waals surface area (Å²) in [7, 11) is 0. The number of aromatic nitrogens is 2. The van der Waals surface area contributed by atoms with Crippen LogP contribution in [0.5, 0.6) is 0 Å². The Labute approximate surface area is 154 Å². The molecule has 25 heavy (non-hydrogen) atoms. The SMILES string of the molecule is C[C@@H](NC(=O)CSc1nnc(-c2ccccc2)o1)c1cccc(Cl)c1. The number of hydrogen-bond acceptors (Lipinski definition) is 5. The molecule has 128 valence electrons. The summed E-state index contributed by atoms with van der Waals surface area (Å²) >= 11 is 7.18. The third-order valence-electron chi connectivity index (χ3n) is 3.48. The molecule has 3 aromatic rings. The van der Waals surface area contributed by atoms with E-state index in [0.29, 0.717) is 16.1 Å². The summed E-state index contributed by atoms with van der Waals surface area (Å²) in [5, 5.41) is 11.9. The molecule has 3 rings (SSSR count). The lowest BCUT2D eigenvalue weighted by atomic mass is 10.1. The lowest BCUT2D eigenvalue weighted by Gasteiger charge is -2.14. The molecule has 0 saturated heterocycles. The first-order valence-electron chi connectivity index (χ1n) is 7.68. The van der Waals surface area contributed by atoms with Crippen molar-refractivity contribution >= 4 is 29.3 Å². The lowest BCUT2D eigenvalue weighted by Crippen LogP contribution is -2.28. The van der Waals surface area contributed by atoms with Gasteiger partial charge in [-0.2, -0.15) is 0 Å². The molecular formula is C18H16ClN3O2S. The van der Waals surface area contributed by atoms with E-state index >= 15 is 0 Å². The molecule has 0 radical (unpaired) electrons. The average molecular weight is 374 g/mol. The van der Waals surface area contributed by atoms with Crippen molar-refractivity contribution in [3.63, 3.8) is 0 Å². The Hall–Kier alpha value is -2.31. The fourth-order valence-electron chi connectivity index (χ4n) is 2.24. The summed E-state index contributed by atoms with van der Waals surface area (Å²) in [6.07, 6.45) is 0. The summed E-state index contributed by atoms with van der Waals surface area (Å²) in [6.45, 7) is 1.91. The zero-order valence-corrected chi connectivity index (χ0v) is 15.1. The number of rotatable bonds is 6. The van der Waals surface area contributed by atoms with Gasteiger partial charge in [-0.3, -0.25) is 4.79 Å². The van der Waals surface area contributed by atoms with Crippen LogP contribution in [0.2, 0.25) is 5.02 Å². The van der Waals surface area contributed by atoms with Crippen molar-refractivity contribution in [3.8, 4) is 11.5 Å². The van der Waals surface area contributed by atoms with Gasteiger partial charge in [0.15, 0.2) is 0 Å². The molecule has 1 atom stereocenters. The van der Waals surface area contributed by atoms with E-state index in [9.17, 15) is 4.79 Å². The zero-order chi connectivity index (χ0) is 17.6. The molecule has 7 heteroatoms. The first-order valence-corrected chi connectivity index (χ1v) is 9.05. The Morgan fingerprint density at radius 3 is 2.76 bits per heavy atom. The van der Waals surface area contributed by atoms with Crippen LogP contribution < -0.4 is 5.32 Å². The van der Waals surface area contributed by atoms with Crippen molar-refractivity contribution < 1.29 is 9.21 Å². The molecule has 0 unspecified atom stereocenters. The highest BCUT2D eigenvalue weighted by Gasteiger charge is 2.13. The minimum atomic E-state index is -0.130. The van der Waals surface area contributed by atoms with Gasteiger partial charge in [-0.05, 0) is 36.8 Å². The smallest absolute Gasteiger partial charge is 0.277 e. The maximum absolute atomic E-state index is 12.1. The molecule has 0 aliphatic rings. The monoisotopic (exact) mass is 373 g/mol. The maximum Gasteiger partial charge on any atom is 0.277 e. The third kappa shape index (κ3) is 4.84. The van der Waals surface area contributed by atoms with Crippen LogP contribution in [0.4, 0.5) is 0 Å². The molecule has 2 aromatic carbocycles. The summed E-state index contributed by atoms with van der Waals surface area (Å²) in [4.78, 5) is 12.1. The Bertz CT molecular complexity index is 854. The second-order valence-electron chi connectivity index (χ2n) is 5.37. The Morgan fingerprint density at radius 2 is 2.00 bits per heavy atom. The molecule has 0 fully saturated rings. The molecule has 0 spiro atoms. The molecule has 0 bridgehead atoms. The van der Waals surface area contributed by atoms with Crippen LogP contribution in [-0.4, -0.2) is 21.9 Å². The Balaban J connectivity index is 1.53. The second kappa shape index (κ2) is 8.18. The fraction of sp³-hybridized carbons (Fsp3) is 0.167. The summed E-state index contributed by atoms with van der Waals surface area (Å²) < 4.78 is 5.57.